The third kappa shape index (κ3) is 4.31. The lowest BCUT2D eigenvalue weighted by atomic mass is 10.0. The van der Waals surface area contributed by atoms with E-state index in [-0.39, 0.29) is 5.82 Å². The van der Waals surface area contributed by atoms with Crippen molar-refractivity contribution < 1.29 is 4.39 Å². The summed E-state index contributed by atoms with van der Waals surface area (Å²) in [4.78, 5) is 2.40. The molecule has 2 nitrogen and oxygen atoms in total. The van der Waals surface area contributed by atoms with Crippen molar-refractivity contribution >= 4 is 28.3 Å². The van der Waals surface area contributed by atoms with Crippen molar-refractivity contribution in [1.82, 2.24) is 5.32 Å². The molecule has 19 heavy (non-hydrogen) atoms. The maximum absolute atomic E-state index is 13.2. The zero-order valence-corrected chi connectivity index (χ0v) is 13.8. The number of benzene rings is 1. The van der Waals surface area contributed by atoms with Gasteiger partial charge in [-0.15, -0.1) is 0 Å². The summed E-state index contributed by atoms with van der Waals surface area (Å²) in [5, 5.41) is 3.63. The number of nitrogens with zero attached hydrogens (tertiary/aromatic N) is 1. The van der Waals surface area contributed by atoms with Crippen LogP contribution < -0.4 is 10.2 Å². The minimum Gasteiger partial charge on any atom is -0.369 e. The first-order chi connectivity index (χ1) is 9.06. The highest BCUT2D eigenvalue weighted by atomic mass is 127. The Morgan fingerprint density at radius 2 is 2.26 bits per heavy atom. The molecule has 1 aliphatic rings. The molecule has 1 fully saturated rings. The Labute approximate surface area is 128 Å². The van der Waals surface area contributed by atoms with Crippen molar-refractivity contribution in [1.29, 1.82) is 0 Å². The van der Waals surface area contributed by atoms with Crippen LogP contribution in [-0.4, -0.2) is 25.7 Å². The van der Waals surface area contributed by atoms with Gasteiger partial charge < -0.3 is 10.2 Å². The Kier molecular flexibility index (Phi) is 5.45. The standard InChI is InChI=1S/C15H22FIN2/c1-11(2)8-13-10-19(7-3-6-18-13)15-5-4-12(16)9-14(15)17/h4-5,9,11,13,18H,3,6-8,10H2,1-2H3. The summed E-state index contributed by atoms with van der Waals surface area (Å²) in [5.41, 5.74) is 1.17. The van der Waals surface area contributed by atoms with E-state index in [1.807, 2.05) is 6.07 Å². The number of hydrogen-bond acceptors (Lipinski definition) is 2. The zero-order chi connectivity index (χ0) is 13.8. The minimum atomic E-state index is -0.153. The molecule has 1 N–H and O–H groups in total. The van der Waals surface area contributed by atoms with E-state index >= 15 is 0 Å². The monoisotopic (exact) mass is 376 g/mol. The average Bonchev–Trinajstić information content (AvgIpc) is 2.53. The van der Waals surface area contributed by atoms with Gasteiger partial charge in [-0.05, 0) is 66.1 Å². The Morgan fingerprint density at radius 3 is 2.95 bits per heavy atom. The van der Waals surface area contributed by atoms with Crippen LogP contribution in [0.2, 0.25) is 0 Å². The van der Waals surface area contributed by atoms with Crippen LogP contribution >= 0.6 is 22.6 Å². The van der Waals surface area contributed by atoms with E-state index in [1.54, 1.807) is 12.1 Å². The van der Waals surface area contributed by atoms with Gasteiger partial charge in [0.2, 0.25) is 0 Å². The van der Waals surface area contributed by atoms with Gasteiger partial charge in [-0.1, -0.05) is 13.8 Å². The predicted octanol–water partition coefficient (Wildman–Crippen LogP) is 3.64. The molecule has 106 valence electrons. The van der Waals surface area contributed by atoms with Crippen LogP contribution in [0, 0.1) is 15.3 Å². The molecule has 0 radical (unpaired) electrons. The first-order valence-electron chi connectivity index (χ1n) is 6.99. The van der Waals surface area contributed by atoms with Crippen LogP contribution in [0.3, 0.4) is 0 Å². The van der Waals surface area contributed by atoms with E-state index < -0.39 is 0 Å². The lowest BCUT2D eigenvalue weighted by molar-refractivity contribution is 0.436. The van der Waals surface area contributed by atoms with Crippen LogP contribution in [0.5, 0.6) is 0 Å². The van der Waals surface area contributed by atoms with Crippen LogP contribution in [-0.2, 0) is 0 Å². The van der Waals surface area contributed by atoms with Gasteiger partial charge in [-0.2, -0.15) is 0 Å². The molecule has 1 aliphatic heterocycles. The SMILES string of the molecule is CC(C)CC1CN(c2ccc(F)cc2I)CCCN1. The third-order valence-corrected chi connectivity index (χ3v) is 4.35. The van der Waals surface area contributed by atoms with E-state index in [1.165, 1.54) is 12.1 Å². The second-order valence-corrected chi connectivity index (χ2v) is 6.84. The van der Waals surface area contributed by atoms with Gasteiger partial charge >= 0.3 is 0 Å². The van der Waals surface area contributed by atoms with Crippen LogP contribution in [0.1, 0.15) is 26.7 Å². The predicted molar refractivity (Wildman–Crippen MR) is 87.2 cm³/mol. The largest absolute Gasteiger partial charge is 0.369 e. The van der Waals surface area contributed by atoms with Crippen molar-refractivity contribution in [3.8, 4) is 0 Å². The maximum atomic E-state index is 13.2. The molecule has 1 atom stereocenters. The van der Waals surface area contributed by atoms with Gasteiger partial charge in [0.15, 0.2) is 0 Å². The molecule has 2 rings (SSSR count). The topological polar surface area (TPSA) is 15.3 Å². The van der Waals surface area contributed by atoms with Gasteiger partial charge in [0, 0.05) is 22.7 Å². The number of nitrogens with one attached hydrogen (secondary N) is 1. The molecule has 0 aromatic heterocycles. The van der Waals surface area contributed by atoms with Crippen molar-refractivity contribution in [2.75, 3.05) is 24.5 Å². The number of anilines is 1. The smallest absolute Gasteiger partial charge is 0.124 e. The highest BCUT2D eigenvalue weighted by molar-refractivity contribution is 14.1. The normalized spacial score (nSPS) is 20.7. The summed E-state index contributed by atoms with van der Waals surface area (Å²) in [6.07, 6.45) is 2.33. The average molecular weight is 376 g/mol. The molecule has 1 aromatic carbocycles. The number of hydrogen-bond donors (Lipinski definition) is 1. The van der Waals surface area contributed by atoms with E-state index in [2.05, 4.69) is 46.7 Å². The molecule has 4 heteroatoms. The quantitative estimate of drug-likeness (QED) is 0.811. The van der Waals surface area contributed by atoms with Crippen molar-refractivity contribution in [2.24, 2.45) is 5.92 Å². The Balaban J connectivity index is 2.13. The molecule has 0 saturated carbocycles. The van der Waals surface area contributed by atoms with E-state index in [0.717, 1.165) is 29.6 Å². The summed E-state index contributed by atoms with van der Waals surface area (Å²) in [6.45, 7) is 7.66. The summed E-state index contributed by atoms with van der Waals surface area (Å²) in [7, 11) is 0. The second kappa shape index (κ2) is 6.88. The first kappa shape index (κ1) is 15.0. The van der Waals surface area contributed by atoms with E-state index in [0.29, 0.717) is 12.0 Å². The van der Waals surface area contributed by atoms with Gasteiger partial charge in [-0.25, -0.2) is 4.39 Å². The highest BCUT2D eigenvalue weighted by Gasteiger charge is 2.20. The fourth-order valence-corrected chi connectivity index (χ4v) is 3.50. The van der Waals surface area contributed by atoms with Crippen LogP contribution in [0.15, 0.2) is 18.2 Å². The maximum Gasteiger partial charge on any atom is 0.124 e. The highest BCUT2D eigenvalue weighted by Crippen LogP contribution is 2.25. The molecular formula is C15H22FIN2. The summed E-state index contributed by atoms with van der Waals surface area (Å²) >= 11 is 2.23. The fourth-order valence-electron chi connectivity index (χ4n) is 2.68. The van der Waals surface area contributed by atoms with Crippen molar-refractivity contribution in [3.63, 3.8) is 0 Å². The molecule has 1 unspecified atom stereocenters. The summed E-state index contributed by atoms with van der Waals surface area (Å²) < 4.78 is 14.2. The lowest BCUT2D eigenvalue weighted by Crippen LogP contribution is -2.38. The molecule has 0 aliphatic carbocycles. The second-order valence-electron chi connectivity index (χ2n) is 5.68. The van der Waals surface area contributed by atoms with Gasteiger partial charge in [0.1, 0.15) is 5.82 Å². The molecule has 1 saturated heterocycles. The zero-order valence-electron chi connectivity index (χ0n) is 11.6. The summed E-state index contributed by atoms with van der Waals surface area (Å²) in [6, 6.07) is 5.62. The van der Waals surface area contributed by atoms with E-state index in [9.17, 15) is 4.39 Å². The van der Waals surface area contributed by atoms with Crippen LogP contribution in [0.4, 0.5) is 10.1 Å². The van der Waals surface area contributed by atoms with Crippen LogP contribution in [0.25, 0.3) is 0 Å². The van der Waals surface area contributed by atoms with Crippen molar-refractivity contribution in [3.05, 3.63) is 27.6 Å². The molecular weight excluding hydrogens is 354 g/mol. The third-order valence-electron chi connectivity index (χ3n) is 3.48. The number of rotatable bonds is 3. The molecule has 0 bridgehead atoms. The molecule has 1 aromatic rings. The molecule has 0 spiro atoms. The Bertz CT molecular complexity index is 423. The van der Waals surface area contributed by atoms with Gasteiger partial charge in [0.25, 0.3) is 0 Å². The van der Waals surface area contributed by atoms with Gasteiger partial charge in [-0.3, -0.25) is 0 Å². The number of halogens is 2. The molecule has 0 amide bonds. The van der Waals surface area contributed by atoms with Crippen molar-refractivity contribution in [2.45, 2.75) is 32.7 Å². The summed E-state index contributed by atoms with van der Waals surface area (Å²) in [5.74, 6) is 0.546. The van der Waals surface area contributed by atoms with E-state index in [4.69, 9.17) is 0 Å². The molecule has 1 heterocycles. The Morgan fingerprint density at radius 1 is 1.47 bits per heavy atom. The fraction of sp³-hybridized carbons (Fsp3) is 0.600. The first-order valence-corrected chi connectivity index (χ1v) is 8.07. The lowest BCUT2D eigenvalue weighted by Gasteiger charge is -2.28. The minimum absolute atomic E-state index is 0.153. The Hall–Kier alpha value is -0.360. The van der Waals surface area contributed by atoms with Gasteiger partial charge in [0.05, 0.1) is 5.69 Å².